The number of nitrogens with zero attached hydrogens (tertiary/aromatic N) is 5. The number of amides is 1. The number of aromatic amines is 1. The Bertz CT molecular complexity index is 1830. The van der Waals surface area contributed by atoms with E-state index in [4.69, 9.17) is 9.72 Å². The number of fused-ring (bicyclic) bond motifs is 1. The summed E-state index contributed by atoms with van der Waals surface area (Å²) < 4.78 is 5.81. The van der Waals surface area contributed by atoms with Gasteiger partial charge in [-0.15, -0.1) is 0 Å². The van der Waals surface area contributed by atoms with Crippen molar-refractivity contribution in [2.45, 2.75) is 90.5 Å². The molecule has 11 heteroatoms. The van der Waals surface area contributed by atoms with Crippen LogP contribution in [0, 0.1) is 18.3 Å². The Morgan fingerprint density at radius 1 is 1.13 bits per heavy atom. The summed E-state index contributed by atoms with van der Waals surface area (Å²) in [4.78, 5) is 43.1. The maximum atomic E-state index is 13.6. The number of imidazole rings is 1. The lowest BCUT2D eigenvalue weighted by molar-refractivity contribution is 0.0577. The molecule has 0 fully saturated rings. The van der Waals surface area contributed by atoms with E-state index in [1.54, 1.807) is 29.6 Å². The van der Waals surface area contributed by atoms with Crippen molar-refractivity contribution in [3.05, 3.63) is 71.7 Å². The molecule has 0 saturated heterocycles. The van der Waals surface area contributed by atoms with Crippen LogP contribution in [-0.2, 0) is 10.2 Å². The van der Waals surface area contributed by atoms with Gasteiger partial charge >= 0.3 is 6.09 Å². The Balaban J connectivity index is 1.55. The number of hydrogen-bond acceptors (Lipinski definition) is 8. The highest BCUT2D eigenvalue weighted by atomic mass is 28.4. The monoisotopic (exact) mass is 651 g/mol. The van der Waals surface area contributed by atoms with Gasteiger partial charge in [0.25, 0.3) is 0 Å². The van der Waals surface area contributed by atoms with Crippen LogP contribution in [0.15, 0.2) is 55.0 Å². The molecule has 1 aliphatic heterocycles. The van der Waals surface area contributed by atoms with Crippen molar-refractivity contribution in [3.63, 3.8) is 0 Å². The molecule has 4 aromatic rings. The van der Waals surface area contributed by atoms with Crippen molar-refractivity contribution in [1.82, 2.24) is 19.9 Å². The first-order valence-corrected chi connectivity index (χ1v) is 18.9. The highest BCUT2D eigenvalue weighted by Gasteiger charge is 2.47. The second-order valence-electron chi connectivity index (χ2n) is 15.0. The van der Waals surface area contributed by atoms with E-state index in [1.165, 1.54) is 0 Å². The lowest BCUT2D eigenvalue weighted by Gasteiger charge is -2.38. The van der Waals surface area contributed by atoms with Gasteiger partial charge in [-0.3, -0.25) is 4.90 Å². The summed E-state index contributed by atoms with van der Waals surface area (Å²) in [6, 6.07) is 14.0. The molecule has 0 unspecified atom stereocenters. The van der Waals surface area contributed by atoms with E-state index in [0.29, 0.717) is 35.9 Å². The molecular formula is C36H45N7O3Si. The van der Waals surface area contributed by atoms with Crippen molar-refractivity contribution < 1.29 is 14.3 Å². The first-order valence-electron chi connectivity index (χ1n) is 15.9. The van der Waals surface area contributed by atoms with Crippen molar-refractivity contribution in [2.75, 3.05) is 16.8 Å². The quantitative estimate of drug-likeness (QED) is 0.162. The molecule has 2 aromatic heterocycles. The van der Waals surface area contributed by atoms with Gasteiger partial charge in [-0.05, 0) is 94.1 Å². The van der Waals surface area contributed by atoms with Crippen LogP contribution in [0.3, 0.4) is 0 Å². The van der Waals surface area contributed by atoms with Crippen LogP contribution in [0.4, 0.5) is 22.1 Å². The molecule has 0 radical (unpaired) electrons. The lowest BCUT2D eigenvalue weighted by Crippen LogP contribution is -2.42. The zero-order valence-electron chi connectivity index (χ0n) is 28.8. The zero-order chi connectivity index (χ0) is 34.4. The molecule has 1 aliphatic rings. The molecule has 3 heterocycles. The largest absolute Gasteiger partial charge is 0.443 e. The van der Waals surface area contributed by atoms with Gasteiger partial charge in [0.05, 0.1) is 16.9 Å². The zero-order valence-corrected chi connectivity index (χ0v) is 29.8. The number of rotatable bonds is 8. The fraction of sp³-hybridized carbons (Fsp3) is 0.417. The van der Waals surface area contributed by atoms with Crippen LogP contribution >= 0.6 is 0 Å². The summed E-state index contributed by atoms with van der Waals surface area (Å²) in [6.07, 6.45) is 6.18. The predicted octanol–water partition coefficient (Wildman–Crippen LogP) is 8.23. The normalized spacial score (nSPS) is 16.5. The molecule has 1 amide bonds. The van der Waals surface area contributed by atoms with Gasteiger partial charge < -0.3 is 19.8 Å². The summed E-state index contributed by atoms with van der Waals surface area (Å²) >= 11 is 0. The molecule has 47 heavy (non-hydrogen) atoms. The Hall–Kier alpha value is -4.53. The van der Waals surface area contributed by atoms with Gasteiger partial charge in [0.2, 0.25) is 5.95 Å². The van der Waals surface area contributed by atoms with E-state index in [1.807, 2.05) is 71.1 Å². The van der Waals surface area contributed by atoms with Crippen LogP contribution in [0.5, 0.6) is 0 Å². The second kappa shape index (κ2) is 12.2. The van der Waals surface area contributed by atoms with Gasteiger partial charge in [0, 0.05) is 47.4 Å². The number of nitriles is 1. The molecule has 3 N–H and O–H groups in total. The number of H-pyrrole nitrogens is 1. The molecule has 246 valence electrons. The number of hydrogen-bond donors (Lipinski definition) is 3. The Morgan fingerprint density at radius 2 is 1.87 bits per heavy atom. The molecule has 10 nitrogen and oxygen atoms in total. The van der Waals surface area contributed by atoms with E-state index >= 15 is 0 Å². The minimum Gasteiger partial charge on any atom is -0.443 e. The maximum Gasteiger partial charge on any atom is 0.414 e. The Kier molecular flexibility index (Phi) is 8.81. The number of benzene rings is 2. The SMILES string of the molecule is Cc1ccc(-c2ncc[nH]2)cc1Nc1nccc(-c2cc(C#N)c3c(c2)[C@@](C)(CCC(C)(C)[Si](C)(C)O)CN3C(=O)OC(C)(C)C)n1. The van der Waals surface area contributed by atoms with Crippen LogP contribution in [0.1, 0.15) is 71.1 Å². The van der Waals surface area contributed by atoms with Gasteiger partial charge in [0.1, 0.15) is 17.5 Å². The fourth-order valence-corrected chi connectivity index (χ4v) is 6.48. The van der Waals surface area contributed by atoms with E-state index in [0.717, 1.165) is 40.2 Å². The van der Waals surface area contributed by atoms with Gasteiger partial charge in [0.15, 0.2) is 8.32 Å². The molecule has 0 aliphatic carbocycles. The van der Waals surface area contributed by atoms with Crippen LogP contribution in [-0.4, -0.2) is 51.3 Å². The second-order valence-corrected chi connectivity index (χ2v) is 19.4. The van der Waals surface area contributed by atoms with E-state index in [2.05, 4.69) is 47.1 Å². The first-order chi connectivity index (χ1) is 21.9. The van der Waals surface area contributed by atoms with E-state index < -0.39 is 25.4 Å². The summed E-state index contributed by atoms with van der Waals surface area (Å²) in [5.41, 5.74) is 4.84. The highest BCUT2D eigenvalue weighted by Crippen LogP contribution is 2.51. The molecule has 5 rings (SSSR count). The third-order valence-corrected chi connectivity index (χ3v) is 13.0. The third-order valence-electron chi connectivity index (χ3n) is 9.44. The summed E-state index contributed by atoms with van der Waals surface area (Å²) in [6.45, 7) is 18.2. The Morgan fingerprint density at radius 3 is 2.51 bits per heavy atom. The van der Waals surface area contributed by atoms with E-state index in [-0.39, 0.29) is 5.04 Å². The average molecular weight is 652 g/mol. The van der Waals surface area contributed by atoms with Gasteiger partial charge in [-0.1, -0.05) is 32.9 Å². The highest BCUT2D eigenvalue weighted by molar-refractivity contribution is 6.72. The number of aryl methyl sites for hydroxylation is 1. The van der Waals surface area contributed by atoms with Crippen LogP contribution < -0.4 is 10.2 Å². The molecular weight excluding hydrogens is 607 g/mol. The van der Waals surface area contributed by atoms with Crippen molar-refractivity contribution in [1.29, 1.82) is 5.26 Å². The molecule has 0 bridgehead atoms. The Labute approximate surface area is 278 Å². The standard InChI is InChI=1S/C36H45N7O3Si/c1-23-10-11-24(31-38-16-17-39-31)20-29(23)42-32-40-15-12-28(41-32)25-18-26(21-37)30-27(19-25)36(7,14-13-35(5,6)47(8,9)45)22-43(30)33(44)46-34(2,3)4/h10-12,15-20,45H,13-14,22H2,1-9H3,(H,38,39)(H,40,41,42)/t36-/m0/s1. The minimum atomic E-state index is -2.48. The summed E-state index contributed by atoms with van der Waals surface area (Å²) in [5.74, 6) is 1.18. The smallest absolute Gasteiger partial charge is 0.414 e. The lowest BCUT2D eigenvalue weighted by atomic mass is 9.77. The average Bonchev–Trinajstić information content (AvgIpc) is 3.63. The number of anilines is 3. The van der Waals surface area contributed by atoms with Gasteiger partial charge in [-0.2, -0.15) is 5.26 Å². The molecule has 1 atom stereocenters. The van der Waals surface area contributed by atoms with E-state index in [9.17, 15) is 14.9 Å². The van der Waals surface area contributed by atoms with Crippen molar-refractivity contribution in [2.24, 2.45) is 0 Å². The summed E-state index contributed by atoms with van der Waals surface area (Å²) in [5, 5.41) is 13.5. The minimum absolute atomic E-state index is 0.259. The van der Waals surface area contributed by atoms with Crippen LogP contribution in [0.2, 0.25) is 18.1 Å². The molecule has 2 aromatic carbocycles. The number of carbonyl (C=O) groups excluding carboxylic acids is 1. The van der Waals surface area contributed by atoms with Crippen molar-refractivity contribution in [3.8, 4) is 28.7 Å². The van der Waals surface area contributed by atoms with Crippen LogP contribution in [0.25, 0.3) is 22.6 Å². The fourth-order valence-electron chi connectivity index (χ4n) is 5.74. The summed E-state index contributed by atoms with van der Waals surface area (Å²) in [7, 11) is -2.48. The predicted molar refractivity (Wildman–Crippen MR) is 188 cm³/mol. The number of carbonyl (C=O) groups is 1. The topological polar surface area (TPSA) is 140 Å². The number of nitrogens with one attached hydrogen (secondary N) is 2. The maximum absolute atomic E-state index is 13.6. The van der Waals surface area contributed by atoms with Gasteiger partial charge in [-0.25, -0.2) is 19.7 Å². The third kappa shape index (κ3) is 7.09. The number of ether oxygens (including phenoxy) is 1. The van der Waals surface area contributed by atoms with Crippen molar-refractivity contribution >= 4 is 31.7 Å². The molecule has 0 spiro atoms. The number of aromatic nitrogens is 4. The molecule has 0 saturated carbocycles. The first kappa shape index (κ1) is 33.8.